The Bertz CT molecular complexity index is 634. The van der Waals surface area contributed by atoms with Crippen molar-refractivity contribution in [3.63, 3.8) is 0 Å². The summed E-state index contributed by atoms with van der Waals surface area (Å²) >= 11 is 0. The summed E-state index contributed by atoms with van der Waals surface area (Å²) in [4.78, 5) is 0.553. The second-order valence-corrected chi connectivity index (χ2v) is 5.76. The zero-order valence-corrected chi connectivity index (χ0v) is 10.2. The Morgan fingerprint density at radius 2 is 1.65 bits per heavy atom. The molecule has 2 aromatic rings. The summed E-state index contributed by atoms with van der Waals surface area (Å²) in [6.45, 7) is 1.76. The van der Waals surface area contributed by atoms with Crippen LogP contribution in [-0.2, 0) is 9.84 Å². The first kappa shape index (κ1) is 11.7. The number of hydrogen-bond acceptors (Lipinski definition) is 3. The smallest absolute Gasteiger partial charge is 0.206 e. The third-order valence-corrected chi connectivity index (χ3v) is 4.47. The topological polar surface area (TPSA) is 60.2 Å². The molecule has 3 nitrogen and oxygen atoms in total. The van der Waals surface area contributed by atoms with Gasteiger partial charge in [0, 0.05) is 5.69 Å². The largest absolute Gasteiger partial charge is 0.399 e. The van der Waals surface area contributed by atoms with E-state index in [1.54, 1.807) is 49.4 Å². The molecule has 4 heteroatoms. The van der Waals surface area contributed by atoms with E-state index in [4.69, 9.17) is 5.73 Å². The molecule has 88 valence electrons. The minimum absolute atomic E-state index is 0.267. The van der Waals surface area contributed by atoms with Gasteiger partial charge in [-0.25, -0.2) is 8.42 Å². The third-order valence-electron chi connectivity index (χ3n) is 2.56. The summed E-state index contributed by atoms with van der Waals surface area (Å²) in [5, 5.41) is 0. The highest BCUT2D eigenvalue weighted by Gasteiger charge is 2.19. The molecule has 0 atom stereocenters. The first-order valence-electron chi connectivity index (χ1n) is 5.18. The second kappa shape index (κ2) is 4.22. The summed E-state index contributed by atoms with van der Waals surface area (Å²) < 4.78 is 24.7. The molecule has 0 spiro atoms. The highest BCUT2D eigenvalue weighted by atomic mass is 32.2. The Hall–Kier alpha value is -1.81. The Labute approximate surface area is 101 Å². The van der Waals surface area contributed by atoms with Gasteiger partial charge in [0.2, 0.25) is 9.84 Å². The fourth-order valence-electron chi connectivity index (χ4n) is 1.63. The minimum Gasteiger partial charge on any atom is -0.399 e. The lowest BCUT2D eigenvalue weighted by Crippen LogP contribution is -2.04. The molecule has 0 aromatic heterocycles. The van der Waals surface area contributed by atoms with Gasteiger partial charge in [-0.1, -0.05) is 24.3 Å². The lowest BCUT2D eigenvalue weighted by molar-refractivity contribution is 0.595. The Morgan fingerprint density at radius 1 is 1.00 bits per heavy atom. The van der Waals surface area contributed by atoms with Gasteiger partial charge in [-0.3, -0.25) is 0 Å². The van der Waals surface area contributed by atoms with Crippen LogP contribution in [-0.4, -0.2) is 8.42 Å². The van der Waals surface area contributed by atoms with Gasteiger partial charge in [-0.2, -0.15) is 0 Å². The molecule has 0 aliphatic rings. The number of rotatable bonds is 2. The predicted molar refractivity (Wildman–Crippen MR) is 67.5 cm³/mol. The van der Waals surface area contributed by atoms with E-state index in [-0.39, 0.29) is 9.79 Å². The first-order valence-corrected chi connectivity index (χ1v) is 6.66. The van der Waals surface area contributed by atoms with Crippen LogP contribution in [0.15, 0.2) is 58.3 Å². The molecule has 17 heavy (non-hydrogen) atoms. The zero-order valence-electron chi connectivity index (χ0n) is 9.42. The molecule has 0 unspecified atom stereocenters. The van der Waals surface area contributed by atoms with Gasteiger partial charge in [0.1, 0.15) is 0 Å². The van der Waals surface area contributed by atoms with E-state index in [9.17, 15) is 8.42 Å². The Morgan fingerprint density at radius 3 is 2.29 bits per heavy atom. The molecule has 0 radical (unpaired) electrons. The first-order chi connectivity index (χ1) is 8.01. The number of benzene rings is 2. The van der Waals surface area contributed by atoms with Crippen molar-refractivity contribution in [3.8, 4) is 0 Å². The summed E-state index contributed by atoms with van der Waals surface area (Å²) in [6, 6.07) is 13.3. The maximum absolute atomic E-state index is 12.4. The van der Waals surface area contributed by atoms with Gasteiger partial charge in [0.15, 0.2) is 0 Å². The van der Waals surface area contributed by atoms with Gasteiger partial charge in [0.05, 0.1) is 9.79 Å². The highest BCUT2D eigenvalue weighted by Crippen LogP contribution is 2.25. The molecule has 0 saturated carbocycles. The van der Waals surface area contributed by atoms with Crippen molar-refractivity contribution in [2.75, 3.05) is 5.73 Å². The Kier molecular flexibility index (Phi) is 2.90. The molecular weight excluding hydrogens is 234 g/mol. The van der Waals surface area contributed by atoms with Crippen LogP contribution in [0.1, 0.15) is 5.56 Å². The van der Waals surface area contributed by atoms with Crippen molar-refractivity contribution in [2.24, 2.45) is 0 Å². The van der Waals surface area contributed by atoms with Crippen LogP contribution < -0.4 is 5.73 Å². The molecule has 0 heterocycles. The molecule has 0 aliphatic heterocycles. The number of anilines is 1. The van der Waals surface area contributed by atoms with Gasteiger partial charge in [0.25, 0.3) is 0 Å². The predicted octanol–water partition coefficient (Wildman–Crippen LogP) is 2.41. The summed E-state index contributed by atoms with van der Waals surface area (Å²) in [5.74, 6) is 0. The van der Waals surface area contributed by atoms with Gasteiger partial charge < -0.3 is 5.73 Å². The molecule has 0 saturated heterocycles. The van der Waals surface area contributed by atoms with E-state index < -0.39 is 9.84 Å². The van der Waals surface area contributed by atoms with E-state index in [0.717, 1.165) is 0 Å². The lowest BCUT2D eigenvalue weighted by Gasteiger charge is -2.08. The molecule has 2 rings (SSSR count). The summed E-state index contributed by atoms with van der Waals surface area (Å²) in [6.07, 6.45) is 0. The zero-order chi connectivity index (χ0) is 12.5. The normalized spacial score (nSPS) is 11.4. The molecule has 2 N–H and O–H groups in total. The number of nitrogen functional groups attached to an aromatic ring is 1. The third kappa shape index (κ3) is 2.17. The standard InChI is InChI=1S/C13H13NO2S/c1-10-7-8-11(14)9-13(10)17(15,16)12-5-3-2-4-6-12/h2-9H,14H2,1H3. The summed E-state index contributed by atoms with van der Waals surface area (Å²) in [5.41, 5.74) is 6.78. The molecule has 0 bridgehead atoms. The molecule has 0 amide bonds. The average molecular weight is 247 g/mol. The van der Waals surface area contributed by atoms with Crippen molar-refractivity contribution in [3.05, 3.63) is 54.1 Å². The highest BCUT2D eigenvalue weighted by molar-refractivity contribution is 7.91. The molecular formula is C13H13NO2S. The van der Waals surface area contributed by atoms with Crippen molar-refractivity contribution >= 4 is 15.5 Å². The van der Waals surface area contributed by atoms with E-state index in [0.29, 0.717) is 11.3 Å². The molecule has 0 aliphatic carbocycles. The quantitative estimate of drug-likeness (QED) is 0.829. The molecule has 0 fully saturated rings. The van der Waals surface area contributed by atoms with Crippen molar-refractivity contribution < 1.29 is 8.42 Å². The number of aryl methyl sites for hydroxylation is 1. The molecule has 2 aromatic carbocycles. The maximum Gasteiger partial charge on any atom is 0.206 e. The van der Waals surface area contributed by atoms with Gasteiger partial charge in [-0.15, -0.1) is 0 Å². The fourth-order valence-corrected chi connectivity index (χ4v) is 3.19. The van der Waals surface area contributed by atoms with Crippen molar-refractivity contribution in [1.82, 2.24) is 0 Å². The minimum atomic E-state index is -3.47. The maximum atomic E-state index is 12.4. The van der Waals surface area contributed by atoms with Crippen LogP contribution in [0.4, 0.5) is 5.69 Å². The fraction of sp³-hybridized carbons (Fsp3) is 0.0769. The summed E-state index contributed by atoms with van der Waals surface area (Å²) in [7, 11) is -3.47. The van der Waals surface area contributed by atoms with E-state index in [1.807, 2.05) is 0 Å². The number of hydrogen-bond donors (Lipinski definition) is 1. The monoisotopic (exact) mass is 247 g/mol. The SMILES string of the molecule is Cc1ccc(N)cc1S(=O)(=O)c1ccccc1. The van der Waals surface area contributed by atoms with Crippen LogP contribution in [0, 0.1) is 6.92 Å². The number of nitrogens with two attached hydrogens (primary N) is 1. The van der Waals surface area contributed by atoms with Crippen LogP contribution >= 0.6 is 0 Å². The average Bonchev–Trinajstić information content (AvgIpc) is 2.33. The van der Waals surface area contributed by atoms with Crippen LogP contribution in [0.5, 0.6) is 0 Å². The van der Waals surface area contributed by atoms with Crippen LogP contribution in [0.25, 0.3) is 0 Å². The lowest BCUT2D eigenvalue weighted by atomic mass is 10.2. The van der Waals surface area contributed by atoms with Gasteiger partial charge in [-0.05, 0) is 36.8 Å². The van der Waals surface area contributed by atoms with E-state index >= 15 is 0 Å². The Balaban J connectivity index is 2.64. The van der Waals surface area contributed by atoms with Gasteiger partial charge >= 0.3 is 0 Å². The van der Waals surface area contributed by atoms with E-state index in [2.05, 4.69) is 0 Å². The van der Waals surface area contributed by atoms with Crippen LogP contribution in [0.2, 0.25) is 0 Å². The van der Waals surface area contributed by atoms with E-state index in [1.165, 1.54) is 6.07 Å². The number of sulfone groups is 1. The van der Waals surface area contributed by atoms with Crippen molar-refractivity contribution in [2.45, 2.75) is 16.7 Å². The second-order valence-electron chi connectivity index (χ2n) is 3.84. The van der Waals surface area contributed by atoms with Crippen LogP contribution in [0.3, 0.4) is 0 Å². The van der Waals surface area contributed by atoms with Crippen molar-refractivity contribution in [1.29, 1.82) is 0 Å².